The van der Waals surface area contributed by atoms with Gasteiger partial charge in [0.15, 0.2) is 0 Å². The third-order valence-electron chi connectivity index (χ3n) is 3.81. The first-order chi connectivity index (χ1) is 9.88. The Bertz CT molecular complexity index is 287. The molecule has 3 nitrogen and oxygen atoms in total. The number of hydrogen-bond acceptors (Lipinski definition) is 3. The Balaban J connectivity index is 1.95. The lowest BCUT2D eigenvalue weighted by Gasteiger charge is -2.18. The molecule has 0 atom stereocenters. The summed E-state index contributed by atoms with van der Waals surface area (Å²) in [7, 11) is 0. The maximum absolute atomic E-state index is 8.98. The molecule has 1 heterocycles. The molecule has 0 unspecified atom stereocenters. The molecule has 0 bridgehead atoms. The summed E-state index contributed by atoms with van der Waals surface area (Å²) < 4.78 is 0. The molecule has 0 aromatic carbocycles. The van der Waals surface area contributed by atoms with Gasteiger partial charge in [0, 0.05) is 19.5 Å². The molecule has 1 N–H and O–H groups in total. The first-order valence-corrected chi connectivity index (χ1v) is 8.42. The lowest BCUT2D eigenvalue weighted by atomic mass is 10.1. The second-order valence-electron chi connectivity index (χ2n) is 5.58. The van der Waals surface area contributed by atoms with E-state index in [0.29, 0.717) is 0 Å². The van der Waals surface area contributed by atoms with Gasteiger partial charge in [0.2, 0.25) is 0 Å². The van der Waals surface area contributed by atoms with Crippen molar-refractivity contribution < 1.29 is 5.11 Å². The van der Waals surface area contributed by atoms with Crippen LogP contribution in [-0.4, -0.2) is 42.1 Å². The van der Waals surface area contributed by atoms with E-state index in [4.69, 9.17) is 5.11 Å². The third kappa shape index (κ3) is 7.68. The molecule has 0 saturated carbocycles. The summed E-state index contributed by atoms with van der Waals surface area (Å²) in [6.07, 6.45) is 16.1. The van der Waals surface area contributed by atoms with Crippen LogP contribution in [0.3, 0.4) is 0 Å². The average molecular weight is 280 g/mol. The quantitative estimate of drug-likeness (QED) is 0.436. The van der Waals surface area contributed by atoms with Gasteiger partial charge in [-0.1, -0.05) is 38.3 Å². The maximum Gasteiger partial charge on any atom is 0.0991 e. The first kappa shape index (κ1) is 17.2. The highest BCUT2D eigenvalue weighted by Gasteiger charge is 2.14. The number of amidine groups is 1. The molecule has 0 aromatic heterocycles. The van der Waals surface area contributed by atoms with Gasteiger partial charge in [0.1, 0.15) is 0 Å². The van der Waals surface area contributed by atoms with Gasteiger partial charge in [-0.05, 0) is 32.1 Å². The molecule has 116 valence electrons. The number of nitrogens with zero attached hydrogens (tertiary/aromatic N) is 2. The van der Waals surface area contributed by atoms with Gasteiger partial charge < -0.3 is 10.0 Å². The second kappa shape index (κ2) is 12.0. The molecule has 0 spiro atoms. The van der Waals surface area contributed by atoms with Crippen molar-refractivity contribution in [3.63, 3.8) is 0 Å². The minimum absolute atomic E-state index is 0.236. The Hall–Kier alpha value is -0.830. The fourth-order valence-corrected chi connectivity index (χ4v) is 2.60. The summed E-state index contributed by atoms with van der Waals surface area (Å²) in [5.41, 5.74) is 0. The van der Waals surface area contributed by atoms with Crippen molar-refractivity contribution in [1.29, 1.82) is 0 Å². The molecule has 1 rings (SSSR count). The number of β-amino-alcohol motifs (C(OH)–C–C–N with tert-alkyl or cyclic N) is 1. The van der Waals surface area contributed by atoms with E-state index >= 15 is 0 Å². The summed E-state index contributed by atoms with van der Waals surface area (Å²) in [5, 5.41) is 8.98. The van der Waals surface area contributed by atoms with Crippen LogP contribution in [0.5, 0.6) is 0 Å². The van der Waals surface area contributed by atoms with Crippen molar-refractivity contribution in [2.75, 3.05) is 26.2 Å². The normalized spacial score (nSPS) is 15.3. The Morgan fingerprint density at radius 1 is 1.10 bits per heavy atom. The molecular weight excluding hydrogens is 248 g/mol. The van der Waals surface area contributed by atoms with Gasteiger partial charge in [0.25, 0.3) is 0 Å². The molecule has 1 aliphatic heterocycles. The van der Waals surface area contributed by atoms with Gasteiger partial charge in [-0.3, -0.25) is 4.99 Å². The summed E-state index contributed by atoms with van der Waals surface area (Å²) in [6, 6.07) is 0. The van der Waals surface area contributed by atoms with Crippen LogP contribution in [0, 0.1) is 0 Å². The van der Waals surface area contributed by atoms with Crippen LogP contribution in [-0.2, 0) is 0 Å². The molecule has 0 amide bonds. The largest absolute Gasteiger partial charge is 0.395 e. The molecule has 20 heavy (non-hydrogen) atoms. The lowest BCUT2D eigenvalue weighted by molar-refractivity contribution is 0.255. The summed E-state index contributed by atoms with van der Waals surface area (Å²) in [4.78, 5) is 6.75. The number of aliphatic hydroxyl groups is 1. The molecule has 0 aliphatic carbocycles. The molecule has 0 radical (unpaired) electrons. The van der Waals surface area contributed by atoms with Gasteiger partial charge in [-0.2, -0.15) is 0 Å². The van der Waals surface area contributed by atoms with E-state index in [0.717, 1.165) is 26.1 Å². The van der Waals surface area contributed by atoms with Crippen LogP contribution in [0.1, 0.15) is 64.7 Å². The fourth-order valence-electron chi connectivity index (χ4n) is 2.60. The zero-order valence-electron chi connectivity index (χ0n) is 13.2. The van der Waals surface area contributed by atoms with E-state index in [1.165, 1.54) is 57.2 Å². The lowest BCUT2D eigenvalue weighted by Crippen LogP contribution is -2.30. The minimum atomic E-state index is 0.236. The topological polar surface area (TPSA) is 35.8 Å². The minimum Gasteiger partial charge on any atom is -0.395 e. The van der Waals surface area contributed by atoms with Crippen molar-refractivity contribution in [2.45, 2.75) is 64.7 Å². The van der Waals surface area contributed by atoms with Gasteiger partial charge in [-0.15, -0.1) is 0 Å². The van der Waals surface area contributed by atoms with Crippen molar-refractivity contribution in [1.82, 2.24) is 4.90 Å². The van der Waals surface area contributed by atoms with Gasteiger partial charge in [0.05, 0.1) is 19.0 Å². The number of allylic oxidation sites excluding steroid dienone is 2. The first-order valence-electron chi connectivity index (χ1n) is 8.42. The predicted octanol–water partition coefficient (Wildman–Crippen LogP) is 3.78. The SMILES string of the molecule is CCCCCC/C=C/CCCCC1=NCCN1CCO. The highest BCUT2D eigenvalue weighted by molar-refractivity contribution is 5.83. The van der Waals surface area contributed by atoms with E-state index in [1.807, 2.05) is 0 Å². The number of unbranched alkanes of at least 4 members (excludes halogenated alkanes) is 6. The van der Waals surface area contributed by atoms with E-state index < -0.39 is 0 Å². The Labute approximate surface area is 124 Å². The van der Waals surface area contributed by atoms with Crippen molar-refractivity contribution >= 4 is 5.84 Å². The monoisotopic (exact) mass is 280 g/mol. The number of aliphatic hydroxyl groups excluding tert-OH is 1. The summed E-state index contributed by atoms with van der Waals surface area (Å²) in [5.74, 6) is 1.21. The molecule has 1 aliphatic rings. The average Bonchev–Trinajstić information content (AvgIpc) is 2.89. The van der Waals surface area contributed by atoms with Crippen LogP contribution >= 0.6 is 0 Å². The molecule has 0 saturated heterocycles. The highest BCUT2D eigenvalue weighted by Crippen LogP contribution is 2.10. The fraction of sp³-hybridized carbons (Fsp3) is 0.824. The smallest absolute Gasteiger partial charge is 0.0991 e. The van der Waals surface area contributed by atoms with E-state index in [2.05, 4.69) is 29.0 Å². The summed E-state index contributed by atoms with van der Waals surface area (Å²) in [6.45, 7) is 5.14. The number of rotatable bonds is 12. The van der Waals surface area contributed by atoms with E-state index in [1.54, 1.807) is 0 Å². The predicted molar refractivity (Wildman–Crippen MR) is 87.3 cm³/mol. The van der Waals surface area contributed by atoms with Crippen molar-refractivity contribution in [2.24, 2.45) is 4.99 Å². The Morgan fingerprint density at radius 2 is 1.85 bits per heavy atom. The molecule has 3 heteroatoms. The number of aliphatic imine (C=N–C) groups is 1. The van der Waals surface area contributed by atoms with Crippen molar-refractivity contribution in [3.05, 3.63) is 12.2 Å². The van der Waals surface area contributed by atoms with Gasteiger partial charge in [-0.25, -0.2) is 0 Å². The highest BCUT2D eigenvalue weighted by atomic mass is 16.3. The van der Waals surface area contributed by atoms with Crippen LogP contribution in [0.2, 0.25) is 0 Å². The molecule has 0 aromatic rings. The van der Waals surface area contributed by atoms with Gasteiger partial charge >= 0.3 is 0 Å². The van der Waals surface area contributed by atoms with Crippen LogP contribution in [0.25, 0.3) is 0 Å². The van der Waals surface area contributed by atoms with Crippen LogP contribution in [0.4, 0.5) is 0 Å². The standard InChI is InChI=1S/C17H32N2O/c1-2-3-4-5-6-7-8-9-10-11-12-17-18-13-14-19(17)15-16-20/h7-8,20H,2-6,9-16H2,1H3/b8-7+. The van der Waals surface area contributed by atoms with E-state index in [9.17, 15) is 0 Å². The van der Waals surface area contributed by atoms with Crippen molar-refractivity contribution in [3.8, 4) is 0 Å². The second-order valence-corrected chi connectivity index (χ2v) is 5.58. The molecular formula is C17H32N2O. The number of hydrogen-bond donors (Lipinski definition) is 1. The Morgan fingerprint density at radius 3 is 2.55 bits per heavy atom. The van der Waals surface area contributed by atoms with Crippen LogP contribution in [0.15, 0.2) is 17.1 Å². The zero-order valence-corrected chi connectivity index (χ0v) is 13.2. The Kier molecular flexibility index (Phi) is 10.3. The zero-order chi connectivity index (χ0) is 14.5. The third-order valence-corrected chi connectivity index (χ3v) is 3.81. The van der Waals surface area contributed by atoms with E-state index in [-0.39, 0.29) is 6.61 Å². The maximum atomic E-state index is 8.98. The molecule has 0 fully saturated rings. The van der Waals surface area contributed by atoms with Crippen LogP contribution < -0.4 is 0 Å². The summed E-state index contributed by atoms with van der Waals surface area (Å²) >= 11 is 0.